The number of aromatic nitrogens is 1. The molecule has 0 atom stereocenters. The van der Waals surface area contributed by atoms with Gasteiger partial charge in [-0.1, -0.05) is 47.5 Å². The van der Waals surface area contributed by atoms with Gasteiger partial charge in [-0.25, -0.2) is 0 Å². The Morgan fingerprint density at radius 3 is 2.32 bits per heavy atom. The van der Waals surface area contributed by atoms with Crippen molar-refractivity contribution in [1.82, 2.24) is 3.96 Å². The van der Waals surface area contributed by atoms with Crippen LogP contribution in [0.15, 0.2) is 60.7 Å². The van der Waals surface area contributed by atoms with Gasteiger partial charge >= 0.3 is 0 Å². The molecule has 0 aliphatic carbocycles. The lowest BCUT2D eigenvalue weighted by molar-refractivity contribution is -0.115. The summed E-state index contributed by atoms with van der Waals surface area (Å²) in [6.45, 7) is 6.66. The molecule has 0 N–H and O–H groups in total. The number of nitrogens with zero attached hydrogens (tertiary/aromatic N) is 2. The summed E-state index contributed by atoms with van der Waals surface area (Å²) < 4.78 is 14.3. The van der Waals surface area contributed by atoms with Gasteiger partial charge in [0, 0.05) is 16.1 Å². The van der Waals surface area contributed by atoms with E-state index in [4.69, 9.17) is 33.3 Å². The van der Waals surface area contributed by atoms with Gasteiger partial charge in [0.2, 0.25) is 0 Å². The number of hydrogen-bond donors (Lipinski definition) is 0. The monoisotopic (exact) mass is 562 g/mol. The summed E-state index contributed by atoms with van der Waals surface area (Å²) in [5.41, 5.74) is 3.75. The van der Waals surface area contributed by atoms with E-state index in [0.29, 0.717) is 39.9 Å². The highest BCUT2D eigenvalue weighted by molar-refractivity contribution is 7.71. The molecular formula is C29H23ClN2O4S2. The third-order valence-electron chi connectivity index (χ3n) is 6.84. The van der Waals surface area contributed by atoms with E-state index in [1.54, 1.807) is 11.0 Å². The second kappa shape index (κ2) is 9.08. The molecule has 3 aromatic carbocycles. The number of rotatable bonds is 6. The Hall–Kier alpha value is -3.46. The quantitative estimate of drug-likeness (QED) is 0.182. The molecule has 0 fully saturated rings. The number of carbonyl (C=O) groups is 2. The molecule has 0 radical (unpaired) electrons. The Labute approximate surface area is 234 Å². The lowest BCUT2D eigenvalue weighted by Gasteiger charge is -2.39. The van der Waals surface area contributed by atoms with Crippen molar-refractivity contribution in [2.45, 2.75) is 32.9 Å². The number of halogens is 1. The maximum absolute atomic E-state index is 13.1. The molecule has 4 aromatic rings. The van der Waals surface area contributed by atoms with Crippen LogP contribution in [0.25, 0.3) is 16.8 Å². The van der Waals surface area contributed by atoms with E-state index in [1.165, 1.54) is 11.5 Å². The lowest BCUT2D eigenvalue weighted by atomic mass is 9.87. The van der Waals surface area contributed by atoms with Crippen LogP contribution in [0.3, 0.4) is 0 Å². The van der Waals surface area contributed by atoms with Crippen molar-refractivity contribution in [3.05, 3.63) is 86.3 Å². The van der Waals surface area contributed by atoms with Crippen molar-refractivity contribution in [3.63, 3.8) is 0 Å². The molecular weight excluding hydrogens is 540 g/mol. The van der Waals surface area contributed by atoms with Crippen LogP contribution in [-0.4, -0.2) is 22.3 Å². The molecule has 2 aliphatic heterocycles. The smallest absolute Gasteiger partial charge is 0.300 e. The second-order valence-corrected chi connectivity index (χ2v) is 11.4. The molecule has 38 heavy (non-hydrogen) atoms. The molecule has 0 spiro atoms. The minimum atomic E-state index is -0.751. The van der Waals surface area contributed by atoms with Crippen LogP contribution in [0.2, 0.25) is 5.02 Å². The highest BCUT2D eigenvalue weighted by Crippen LogP contribution is 2.55. The number of ether oxygens (including phenoxy) is 2. The molecule has 0 saturated carbocycles. The van der Waals surface area contributed by atoms with Crippen LogP contribution < -0.4 is 14.4 Å². The fourth-order valence-electron chi connectivity index (χ4n) is 5.04. The lowest BCUT2D eigenvalue weighted by Crippen LogP contribution is -2.46. The van der Waals surface area contributed by atoms with Crippen LogP contribution in [0, 0.1) is 4.64 Å². The predicted octanol–water partition coefficient (Wildman–Crippen LogP) is 7.34. The molecule has 192 valence electrons. The summed E-state index contributed by atoms with van der Waals surface area (Å²) in [5, 5.41) is 0.690. The van der Waals surface area contributed by atoms with Gasteiger partial charge in [-0.3, -0.25) is 18.4 Å². The minimum absolute atomic E-state index is 0.365. The molecule has 2 aliphatic rings. The molecule has 1 amide bonds. The molecule has 0 bridgehead atoms. The van der Waals surface area contributed by atoms with E-state index in [-0.39, 0.29) is 0 Å². The van der Waals surface area contributed by atoms with Crippen LogP contribution in [-0.2, 0) is 16.9 Å². The van der Waals surface area contributed by atoms with E-state index in [0.717, 1.165) is 33.0 Å². The van der Waals surface area contributed by atoms with Crippen molar-refractivity contribution in [3.8, 4) is 28.3 Å². The number of anilines is 1. The van der Waals surface area contributed by atoms with Crippen molar-refractivity contribution in [1.29, 1.82) is 0 Å². The zero-order valence-corrected chi connectivity index (χ0v) is 23.3. The van der Waals surface area contributed by atoms with Gasteiger partial charge in [-0.15, -0.1) is 0 Å². The number of fused-ring (bicyclic) bond motifs is 2. The van der Waals surface area contributed by atoms with Crippen molar-refractivity contribution in [2.24, 2.45) is 0 Å². The number of amides is 1. The van der Waals surface area contributed by atoms with Gasteiger partial charge in [-0.05, 0) is 74.9 Å². The Balaban J connectivity index is 1.40. The molecule has 6 nitrogen and oxygen atoms in total. The molecule has 0 saturated heterocycles. The third-order valence-corrected chi connectivity index (χ3v) is 9.06. The van der Waals surface area contributed by atoms with Gasteiger partial charge in [-0.2, -0.15) is 0 Å². The van der Waals surface area contributed by atoms with E-state index in [9.17, 15) is 9.59 Å². The zero-order chi connectivity index (χ0) is 26.8. The van der Waals surface area contributed by atoms with Gasteiger partial charge in [0.25, 0.3) is 11.7 Å². The molecule has 0 unspecified atom stereocenters. The maximum Gasteiger partial charge on any atom is 0.300 e. The summed E-state index contributed by atoms with van der Waals surface area (Å²) >= 11 is 13.4. The first-order valence-electron chi connectivity index (χ1n) is 12.1. The maximum atomic E-state index is 13.1. The van der Waals surface area contributed by atoms with Crippen LogP contribution >= 0.6 is 35.4 Å². The highest BCUT2D eigenvalue weighted by atomic mass is 35.5. The van der Waals surface area contributed by atoms with Crippen LogP contribution in [0.1, 0.15) is 41.6 Å². The highest BCUT2D eigenvalue weighted by Gasteiger charge is 2.51. The van der Waals surface area contributed by atoms with Crippen molar-refractivity contribution >= 4 is 52.7 Å². The van der Waals surface area contributed by atoms with E-state index >= 15 is 0 Å². The Morgan fingerprint density at radius 1 is 0.947 bits per heavy atom. The Morgan fingerprint density at radius 2 is 1.63 bits per heavy atom. The number of hydrogen-bond acceptors (Lipinski definition) is 6. The molecule has 3 heterocycles. The number of ketones is 1. The summed E-state index contributed by atoms with van der Waals surface area (Å²) in [5.74, 6) is 0.236. The largest absolute Gasteiger partial charge is 0.494 e. The SMILES string of the molecule is CCOc1cc2c3c(c1)-c1c(sn(-c4ccc(OCc5ccc(Cl)cc5)cc4)c1=S)C(C)(C)N3C(=O)C2=O. The summed E-state index contributed by atoms with van der Waals surface area (Å²) in [4.78, 5) is 28.6. The van der Waals surface area contributed by atoms with Gasteiger partial charge in [0.05, 0.1) is 34.0 Å². The second-order valence-electron chi connectivity index (χ2n) is 9.63. The van der Waals surface area contributed by atoms with E-state index in [1.807, 2.05) is 79.3 Å². The fraction of sp³-hybridized carbons (Fsp3) is 0.207. The molecule has 6 rings (SSSR count). The normalized spacial score (nSPS) is 14.9. The van der Waals surface area contributed by atoms with Crippen LogP contribution in [0.5, 0.6) is 11.5 Å². The predicted molar refractivity (Wildman–Crippen MR) is 152 cm³/mol. The Bertz CT molecular complexity index is 1670. The molecule has 1 aromatic heterocycles. The van der Waals surface area contributed by atoms with Gasteiger partial charge < -0.3 is 9.47 Å². The van der Waals surface area contributed by atoms with E-state index < -0.39 is 17.2 Å². The van der Waals surface area contributed by atoms with Crippen LogP contribution in [0.4, 0.5) is 5.69 Å². The van der Waals surface area contributed by atoms with Crippen molar-refractivity contribution < 1.29 is 19.1 Å². The Kier molecular flexibility index (Phi) is 5.94. The number of benzene rings is 3. The minimum Gasteiger partial charge on any atom is -0.494 e. The first-order chi connectivity index (χ1) is 18.2. The number of carbonyl (C=O) groups excluding carboxylic acids is 2. The average Bonchev–Trinajstić information content (AvgIpc) is 3.39. The summed E-state index contributed by atoms with van der Waals surface area (Å²) in [6.07, 6.45) is 0. The van der Waals surface area contributed by atoms with Gasteiger partial charge in [0.1, 0.15) is 22.7 Å². The summed E-state index contributed by atoms with van der Waals surface area (Å²) in [6, 6.07) is 18.8. The first-order valence-corrected chi connectivity index (χ1v) is 13.7. The zero-order valence-electron chi connectivity index (χ0n) is 20.9. The fourth-order valence-corrected chi connectivity index (χ4v) is 6.86. The summed E-state index contributed by atoms with van der Waals surface area (Å²) in [7, 11) is 0. The van der Waals surface area contributed by atoms with Crippen molar-refractivity contribution in [2.75, 3.05) is 11.5 Å². The van der Waals surface area contributed by atoms with Gasteiger partial charge in [0.15, 0.2) is 0 Å². The standard InChI is InChI=1S/C29H23ClN2O4S2/c1-4-35-20-13-21-23-26(29(2,3)31-24(21)22(14-20)25(33)27(31)34)38-32(28(23)37)18-9-11-19(12-10-18)36-15-16-5-7-17(30)8-6-16/h5-14H,4,15H2,1-3H3. The first kappa shape index (κ1) is 24.9. The third kappa shape index (κ3) is 3.78. The number of Topliss-reactive ketones (excluding diaryl/α,β-unsaturated/α-hetero) is 1. The van der Waals surface area contributed by atoms with E-state index in [2.05, 4.69) is 0 Å². The topological polar surface area (TPSA) is 60.8 Å². The average molecular weight is 563 g/mol. The molecule has 9 heteroatoms.